The Hall–Kier alpha value is -0.540. The van der Waals surface area contributed by atoms with Crippen molar-refractivity contribution in [2.75, 3.05) is 6.54 Å². The third-order valence-corrected chi connectivity index (χ3v) is 3.13. The molecule has 0 spiro atoms. The first kappa shape index (κ1) is 13.5. The normalized spacial score (nSPS) is 10.2. The van der Waals surface area contributed by atoms with Crippen LogP contribution in [0.5, 0.6) is 0 Å². The van der Waals surface area contributed by atoms with Gasteiger partial charge in [0.2, 0.25) is 0 Å². The minimum absolute atomic E-state index is 0.0559. The smallest absolute Gasteiger partial charge is 0.252 e. The van der Waals surface area contributed by atoms with Gasteiger partial charge < -0.3 is 5.32 Å². The molecule has 0 atom stereocenters. The lowest BCUT2D eigenvalue weighted by molar-refractivity contribution is 0.0952. The highest BCUT2D eigenvalue weighted by Gasteiger charge is 2.09. The van der Waals surface area contributed by atoms with Gasteiger partial charge in [0.1, 0.15) is 0 Å². The van der Waals surface area contributed by atoms with Crippen LogP contribution in [-0.2, 0) is 0 Å². The summed E-state index contributed by atoms with van der Waals surface area (Å²) in [5.41, 5.74) is 0.626. The summed E-state index contributed by atoms with van der Waals surface area (Å²) in [6.45, 7) is 2.86. The van der Waals surface area contributed by atoms with Crippen LogP contribution >= 0.6 is 27.5 Å². The molecular weight excluding hydrogens is 289 g/mol. The van der Waals surface area contributed by atoms with Crippen LogP contribution in [0.15, 0.2) is 22.7 Å². The molecule has 1 N–H and O–H groups in total. The summed E-state index contributed by atoms with van der Waals surface area (Å²) in [6.07, 6.45) is 3.32. The van der Waals surface area contributed by atoms with E-state index in [1.807, 2.05) is 0 Å². The lowest BCUT2D eigenvalue weighted by Gasteiger charge is -2.06. The van der Waals surface area contributed by atoms with E-state index >= 15 is 0 Å². The zero-order valence-electron chi connectivity index (χ0n) is 9.22. The van der Waals surface area contributed by atoms with Gasteiger partial charge >= 0.3 is 0 Å². The van der Waals surface area contributed by atoms with Gasteiger partial charge in [-0.3, -0.25) is 4.79 Å². The van der Waals surface area contributed by atoms with Crippen molar-refractivity contribution in [2.45, 2.75) is 26.2 Å². The fourth-order valence-corrected chi connectivity index (χ4v) is 2.21. The predicted molar refractivity (Wildman–Crippen MR) is 71.0 cm³/mol. The Bertz CT molecular complexity index is 368. The van der Waals surface area contributed by atoms with Crippen molar-refractivity contribution in [3.05, 3.63) is 33.3 Å². The second kappa shape index (κ2) is 6.92. The topological polar surface area (TPSA) is 29.1 Å². The molecule has 0 bridgehead atoms. The highest BCUT2D eigenvalue weighted by Crippen LogP contribution is 2.21. The highest BCUT2D eigenvalue weighted by molar-refractivity contribution is 9.10. The van der Waals surface area contributed by atoms with Gasteiger partial charge in [0.25, 0.3) is 5.91 Å². The van der Waals surface area contributed by atoms with Crippen molar-refractivity contribution >= 4 is 33.4 Å². The van der Waals surface area contributed by atoms with E-state index in [1.165, 1.54) is 0 Å². The molecule has 16 heavy (non-hydrogen) atoms. The highest BCUT2D eigenvalue weighted by atomic mass is 79.9. The van der Waals surface area contributed by atoms with Crippen LogP contribution in [0.3, 0.4) is 0 Å². The van der Waals surface area contributed by atoms with Gasteiger partial charge in [0.15, 0.2) is 0 Å². The van der Waals surface area contributed by atoms with Gasteiger partial charge in [-0.05, 0) is 40.5 Å². The second-order valence-corrected chi connectivity index (χ2v) is 4.88. The second-order valence-electron chi connectivity index (χ2n) is 3.59. The molecule has 1 amide bonds. The molecule has 0 saturated heterocycles. The zero-order chi connectivity index (χ0) is 12.0. The summed E-state index contributed by atoms with van der Waals surface area (Å²) in [6, 6.07) is 5.16. The predicted octanol–water partition coefficient (Wildman–Crippen LogP) is 4.02. The van der Waals surface area contributed by atoms with Crippen molar-refractivity contribution in [3.63, 3.8) is 0 Å². The molecule has 0 saturated carbocycles. The Morgan fingerprint density at radius 2 is 2.19 bits per heavy atom. The number of carbonyl (C=O) groups is 1. The first-order chi connectivity index (χ1) is 7.65. The molecule has 0 aliphatic rings. The maximum absolute atomic E-state index is 11.8. The van der Waals surface area contributed by atoms with E-state index in [9.17, 15) is 4.79 Å². The maximum Gasteiger partial charge on any atom is 0.252 e. The van der Waals surface area contributed by atoms with E-state index in [-0.39, 0.29) is 5.91 Å². The number of unbranched alkanes of at least 4 members (excludes halogenated alkanes) is 2. The van der Waals surface area contributed by atoms with Crippen molar-refractivity contribution in [1.82, 2.24) is 5.32 Å². The van der Waals surface area contributed by atoms with Crippen LogP contribution in [-0.4, -0.2) is 12.5 Å². The van der Waals surface area contributed by atoms with E-state index in [2.05, 4.69) is 28.2 Å². The summed E-state index contributed by atoms with van der Waals surface area (Å²) in [5, 5.41) is 3.50. The van der Waals surface area contributed by atoms with Crippen molar-refractivity contribution in [3.8, 4) is 0 Å². The van der Waals surface area contributed by atoms with E-state index < -0.39 is 0 Å². The number of hydrogen-bond acceptors (Lipinski definition) is 1. The van der Waals surface area contributed by atoms with Crippen molar-refractivity contribution in [1.29, 1.82) is 0 Å². The first-order valence-corrected chi connectivity index (χ1v) is 6.55. The van der Waals surface area contributed by atoms with Crippen LogP contribution < -0.4 is 5.32 Å². The molecule has 0 unspecified atom stereocenters. The first-order valence-electron chi connectivity index (χ1n) is 5.38. The molecule has 4 heteroatoms. The van der Waals surface area contributed by atoms with Crippen molar-refractivity contribution < 1.29 is 4.79 Å². The van der Waals surface area contributed by atoms with Gasteiger partial charge in [0, 0.05) is 16.0 Å². The number of hydrogen-bond donors (Lipinski definition) is 1. The average Bonchev–Trinajstić information content (AvgIpc) is 2.24. The zero-order valence-corrected chi connectivity index (χ0v) is 11.6. The van der Waals surface area contributed by atoms with Gasteiger partial charge in [-0.25, -0.2) is 0 Å². The molecule has 0 heterocycles. The number of benzene rings is 1. The molecule has 1 rings (SSSR count). The minimum atomic E-state index is -0.0559. The molecule has 0 aliphatic heterocycles. The van der Waals surface area contributed by atoms with Crippen LogP contribution in [0, 0.1) is 0 Å². The standard InChI is InChI=1S/C12H15BrClNO/c1-2-3-4-7-15-12(16)10-6-5-9(14)8-11(10)13/h5-6,8H,2-4,7H2,1H3,(H,15,16). The number of halogens is 2. The van der Waals surface area contributed by atoms with Gasteiger partial charge in [0.05, 0.1) is 5.56 Å². The molecule has 2 nitrogen and oxygen atoms in total. The summed E-state index contributed by atoms with van der Waals surface area (Å²) < 4.78 is 0.730. The fraction of sp³-hybridized carbons (Fsp3) is 0.417. The molecule has 88 valence electrons. The molecular formula is C12H15BrClNO. The monoisotopic (exact) mass is 303 g/mol. The Morgan fingerprint density at radius 1 is 1.44 bits per heavy atom. The van der Waals surface area contributed by atoms with Crippen LogP contribution in [0.1, 0.15) is 36.5 Å². The fourth-order valence-electron chi connectivity index (χ4n) is 1.35. The summed E-state index contributed by atoms with van der Waals surface area (Å²) >= 11 is 9.13. The third kappa shape index (κ3) is 4.14. The SMILES string of the molecule is CCCCCNC(=O)c1ccc(Cl)cc1Br. The Labute approximate surface area is 110 Å². The summed E-state index contributed by atoms with van der Waals surface area (Å²) in [4.78, 5) is 11.8. The Kier molecular flexibility index (Phi) is 5.85. The van der Waals surface area contributed by atoms with Crippen molar-refractivity contribution in [2.24, 2.45) is 0 Å². The molecule has 0 radical (unpaired) electrons. The summed E-state index contributed by atoms with van der Waals surface area (Å²) in [5.74, 6) is -0.0559. The lowest BCUT2D eigenvalue weighted by Crippen LogP contribution is -2.24. The molecule has 0 fully saturated rings. The van der Waals surface area contributed by atoms with Gasteiger partial charge in [-0.15, -0.1) is 0 Å². The van der Waals surface area contributed by atoms with Gasteiger partial charge in [-0.1, -0.05) is 31.4 Å². The Morgan fingerprint density at radius 3 is 2.81 bits per heavy atom. The maximum atomic E-state index is 11.8. The number of rotatable bonds is 5. The quantitative estimate of drug-likeness (QED) is 0.818. The average molecular weight is 305 g/mol. The largest absolute Gasteiger partial charge is 0.352 e. The van der Waals surface area contributed by atoms with E-state index in [4.69, 9.17) is 11.6 Å². The Balaban J connectivity index is 2.53. The molecule has 1 aromatic carbocycles. The van der Waals surface area contributed by atoms with Gasteiger partial charge in [-0.2, -0.15) is 0 Å². The van der Waals surface area contributed by atoms with E-state index in [0.717, 1.165) is 30.3 Å². The van der Waals surface area contributed by atoms with Crippen LogP contribution in [0.4, 0.5) is 0 Å². The molecule has 0 aromatic heterocycles. The molecule has 0 aliphatic carbocycles. The number of nitrogens with one attached hydrogen (secondary N) is 1. The number of amides is 1. The summed E-state index contributed by atoms with van der Waals surface area (Å²) in [7, 11) is 0. The van der Waals surface area contributed by atoms with E-state index in [0.29, 0.717) is 10.6 Å². The lowest BCUT2D eigenvalue weighted by atomic mass is 10.2. The van der Waals surface area contributed by atoms with Crippen LogP contribution in [0.2, 0.25) is 5.02 Å². The number of carbonyl (C=O) groups excluding carboxylic acids is 1. The minimum Gasteiger partial charge on any atom is -0.352 e. The van der Waals surface area contributed by atoms with Crippen LogP contribution in [0.25, 0.3) is 0 Å². The van der Waals surface area contributed by atoms with E-state index in [1.54, 1.807) is 18.2 Å². The molecule has 1 aromatic rings. The third-order valence-electron chi connectivity index (χ3n) is 2.24.